The van der Waals surface area contributed by atoms with E-state index >= 15 is 0 Å². The maximum absolute atomic E-state index is 11.8. The Balaban J connectivity index is 2.48. The molecule has 2 amide bonds. The Morgan fingerprint density at radius 2 is 1.85 bits per heavy atom. The van der Waals surface area contributed by atoms with Gasteiger partial charge in [0.15, 0.2) is 0 Å². The summed E-state index contributed by atoms with van der Waals surface area (Å²) < 4.78 is 5.24. The highest BCUT2D eigenvalue weighted by atomic mass is 16.5. The molecule has 5 nitrogen and oxygen atoms in total. The Labute approximate surface area is 119 Å². The Morgan fingerprint density at radius 3 is 2.45 bits per heavy atom. The number of carbonyl (C=O) groups excluding carboxylic acids is 2. The van der Waals surface area contributed by atoms with Crippen LogP contribution in [0.3, 0.4) is 0 Å². The number of ether oxygens (including phenoxy) is 1. The van der Waals surface area contributed by atoms with Gasteiger partial charge in [0.25, 0.3) is 0 Å². The van der Waals surface area contributed by atoms with Gasteiger partial charge in [0.2, 0.25) is 0 Å². The summed E-state index contributed by atoms with van der Waals surface area (Å²) in [6.45, 7) is 5.18. The second-order valence-electron chi connectivity index (χ2n) is 4.30. The van der Waals surface area contributed by atoms with Crippen molar-refractivity contribution in [2.75, 3.05) is 26.7 Å². The summed E-state index contributed by atoms with van der Waals surface area (Å²) in [5.74, 6) is -0.240. The van der Waals surface area contributed by atoms with Crippen molar-refractivity contribution in [1.29, 1.82) is 0 Å². The summed E-state index contributed by atoms with van der Waals surface area (Å²) >= 11 is 0. The van der Waals surface area contributed by atoms with E-state index in [1.807, 2.05) is 38.1 Å². The van der Waals surface area contributed by atoms with Crippen LogP contribution in [0.15, 0.2) is 24.3 Å². The smallest absolute Gasteiger partial charge is 0.311 e. The fourth-order valence-electron chi connectivity index (χ4n) is 1.95. The van der Waals surface area contributed by atoms with Gasteiger partial charge in [-0.1, -0.05) is 18.2 Å². The van der Waals surface area contributed by atoms with E-state index < -0.39 is 11.8 Å². The zero-order chi connectivity index (χ0) is 15.0. The first-order valence-corrected chi connectivity index (χ1v) is 6.83. The largest absolute Gasteiger partial charge is 0.496 e. The maximum atomic E-state index is 11.8. The van der Waals surface area contributed by atoms with Crippen LogP contribution < -0.4 is 10.1 Å². The number of benzene rings is 1. The van der Waals surface area contributed by atoms with Crippen LogP contribution in [-0.4, -0.2) is 43.5 Å². The molecule has 0 bridgehead atoms. The first kappa shape index (κ1) is 16.0. The molecule has 0 aliphatic carbocycles. The van der Waals surface area contributed by atoms with Gasteiger partial charge in [-0.25, -0.2) is 0 Å². The lowest BCUT2D eigenvalue weighted by Gasteiger charge is -2.17. The fourth-order valence-corrected chi connectivity index (χ4v) is 1.95. The molecule has 1 aromatic rings. The van der Waals surface area contributed by atoms with Crippen LogP contribution in [0.2, 0.25) is 0 Å². The van der Waals surface area contributed by atoms with E-state index in [1.165, 1.54) is 4.90 Å². The molecule has 110 valence electrons. The van der Waals surface area contributed by atoms with Crippen molar-refractivity contribution in [2.45, 2.75) is 20.3 Å². The molecule has 0 aromatic heterocycles. The third-order valence-corrected chi connectivity index (χ3v) is 3.12. The Morgan fingerprint density at radius 1 is 1.20 bits per heavy atom. The molecule has 0 aliphatic heterocycles. The molecular weight excluding hydrogens is 256 g/mol. The highest BCUT2D eigenvalue weighted by Gasteiger charge is 2.18. The molecule has 0 aliphatic rings. The van der Waals surface area contributed by atoms with Gasteiger partial charge in [-0.15, -0.1) is 0 Å². The minimum atomic E-state index is -0.552. The van der Waals surface area contributed by atoms with E-state index in [-0.39, 0.29) is 0 Å². The third kappa shape index (κ3) is 4.26. The predicted molar refractivity (Wildman–Crippen MR) is 77.6 cm³/mol. The van der Waals surface area contributed by atoms with Crippen LogP contribution in [0.1, 0.15) is 19.4 Å². The van der Waals surface area contributed by atoms with Gasteiger partial charge in [-0.05, 0) is 31.9 Å². The molecule has 5 heteroatoms. The molecule has 0 unspecified atom stereocenters. The van der Waals surface area contributed by atoms with E-state index in [0.29, 0.717) is 26.1 Å². The quantitative estimate of drug-likeness (QED) is 0.796. The number of methoxy groups -OCH3 is 1. The molecule has 1 aromatic carbocycles. The van der Waals surface area contributed by atoms with Crippen molar-refractivity contribution in [1.82, 2.24) is 10.2 Å². The van der Waals surface area contributed by atoms with Crippen LogP contribution in [0.5, 0.6) is 5.75 Å². The van der Waals surface area contributed by atoms with Gasteiger partial charge in [-0.3, -0.25) is 9.59 Å². The number of nitrogens with one attached hydrogen (secondary N) is 1. The van der Waals surface area contributed by atoms with Crippen LogP contribution in [-0.2, 0) is 16.0 Å². The minimum Gasteiger partial charge on any atom is -0.496 e. The monoisotopic (exact) mass is 278 g/mol. The topological polar surface area (TPSA) is 58.6 Å². The average Bonchev–Trinajstić information content (AvgIpc) is 2.48. The minimum absolute atomic E-state index is 0.409. The fraction of sp³-hybridized carbons (Fsp3) is 0.467. The van der Waals surface area contributed by atoms with E-state index in [2.05, 4.69) is 5.32 Å². The summed E-state index contributed by atoms with van der Waals surface area (Å²) in [5, 5.41) is 2.65. The first-order chi connectivity index (χ1) is 9.63. The molecule has 0 radical (unpaired) electrons. The lowest BCUT2D eigenvalue weighted by molar-refractivity contribution is -0.145. The van der Waals surface area contributed by atoms with E-state index in [0.717, 1.165) is 11.3 Å². The average molecular weight is 278 g/mol. The second kappa shape index (κ2) is 8.19. The van der Waals surface area contributed by atoms with Gasteiger partial charge >= 0.3 is 11.8 Å². The zero-order valence-electron chi connectivity index (χ0n) is 12.3. The Kier molecular flexibility index (Phi) is 6.56. The van der Waals surface area contributed by atoms with Crippen molar-refractivity contribution in [3.05, 3.63) is 29.8 Å². The van der Waals surface area contributed by atoms with Crippen LogP contribution in [0, 0.1) is 0 Å². The standard InChI is InChI=1S/C15H22N2O3/c1-4-17(5-2)15(19)14(18)16-11-10-12-8-6-7-9-13(12)20-3/h6-9H,4-5,10-11H2,1-3H3,(H,16,18). The third-order valence-electron chi connectivity index (χ3n) is 3.12. The van der Waals surface area contributed by atoms with Crippen LogP contribution in [0.4, 0.5) is 0 Å². The zero-order valence-corrected chi connectivity index (χ0v) is 12.3. The van der Waals surface area contributed by atoms with E-state index in [4.69, 9.17) is 4.74 Å². The highest BCUT2D eigenvalue weighted by molar-refractivity contribution is 6.34. The molecule has 0 atom stereocenters. The van der Waals surface area contributed by atoms with Crippen molar-refractivity contribution >= 4 is 11.8 Å². The molecule has 0 spiro atoms. The number of hydrogen-bond acceptors (Lipinski definition) is 3. The summed E-state index contributed by atoms with van der Waals surface area (Å²) in [6.07, 6.45) is 0.626. The summed E-state index contributed by atoms with van der Waals surface area (Å²) in [4.78, 5) is 25.0. The summed E-state index contributed by atoms with van der Waals surface area (Å²) in [5.41, 5.74) is 1.01. The normalized spacial score (nSPS) is 9.95. The van der Waals surface area contributed by atoms with Crippen molar-refractivity contribution in [3.8, 4) is 5.75 Å². The molecule has 1 rings (SSSR count). The summed E-state index contributed by atoms with van der Waals surface area (Å²) in [7, 11) is 1.61. The number of rotatable bonds is 6. The number of carbonyl (C=O) groups is 2. The first-order valence-electron chi connectivity index (χ1n) is 6.83. The van der Waals surface area contributed by atoms with Gasteiger partial charge < -0.3 is 15.0 Å². The molecule has 0 saturated heterocycles. The Bertz CT molecular complexity index is 456. The SMILES string of the molecule is CCN(CC)C(=O)C(=O)NCCc1ccccc1OC. The van der Waals surface area contributed by atoms with Crippen LogP contribution in [0.25, 0.3) is 0 Å². The van der Waals surface area contributed by atoms with Gasteiger partial charge in [-0.2, -0.15) is 0 Å². The number of hydrogen-bond donors (Lipinski definition) is 1. The van der Waals surface area contributed by atoms with E-state index in [9.17, 15) is 9.59 Å². The number of nitrogens with zero attached hydrogens (tertiary/aromatic N) is 1. The molecule has 0 fully saturated rings. The van der Waals surface area contributed by atoms with Gasteiger partial charge in [0.1, 0.15) is 5.75 Å². The lowest BCUT2D eigenvalue weighted by Crippen LogP contribution is -2.43. The second-order valence-corrected chi connectivity index (χ2v) is 4.30. The number of amides is 2. The molecule has 0 heterocycles. The number of likely N-dealkylation sites (N-methyl/N-ethyl adjacent to an activating group) is 1. The van der Waals surface area contributed by atoms with Crippen molar-refractivity contribution in [2.24, 2.45) is 0 Å². The van der Waals surface area contributed by atoms with Crippen LogP contribution >= 0.6 is 0 Å². The molecule has 0 saturated carbocycles. The maximum Gasteiger partial charge on any atom is 0.311 e. The lowest BCUT2D eigenvalue weighted by atomic mass is 10.1. The number of para-hydroxylation sites is 1. The van der Waals surface area contributed by atoms with Gasteiger partial charge in [0, 0.05) is 19.6 Å². The van der Waals surface area contributed by atoms with E-state index in [1.54, 1.807) is 7.11 Å². The predicted octanol–water partition coefficient (Wildman–Crippen LogP) is 1.22. The summed E-state index contributed by atoms with van der Waals surface area (Å²) in [6, 6.07) is 7.63. The van der Waals surface area contributed by atoms with Gasteiger partial charge in [0.05, 0.1) is 7.11 Å². The van der Waals surface area contributed by atoms with Crippen molar-refractivity contribution in [3.63, 3.8) is 0 Å². The molecule has 20 heavy (non-hydrogen) atoms. The van der Waals surface area contributed by atoms with Crippen molar-refractivity contribution < 1.29 is 14.3 Å². The molecule has 1 N–H and O–H groups in total. The molecular formula is C15H22N2O3. The Hall–Kier alpha value is -2.04. The highest BCUT2D eigenvalue weighted by Crippen LogP contribution is 2.17.